The zero-order chi connectivity index (χ0) is 18.9. The summed E-state index contributed by atoms with van der Waals surface area (Å²) in [4.78, 5) is 11.8. The van der Waals surface area contributed by atoms with E-state index in [1.54, 1.807) is 49.4 Å². The number of nitrogens with one attached hydrogen (secondary N) is 1. The molecule has 0 aliphatic carbocycles. The van der Waals surface area contributed by atoms with Crippen LogP contribution in [0.5, 0.6) is 11.5 Å². The van der Waals surface area contributed by atoms with Crippen molar-refractivity contribution in [3.05, 3.63) is 59.7 Å². The van der Waals surface area contributed by atoms with Crippen LogP contribution >= 0.6 is 0 Å². The van der Waals surface area contributed by atoms with E-state index in [0.29, 0.717) is 22.6 Å². The van der Waals surface area contributed by atoms with E-state index >= 15 is 0 Å². The lowest BCUT2D eigenvalue weighted by molar-refractivity contribution is -0.123. The Morgan fingerprint density at radius 1 is 1.23 bits per heavy atom. The smallest absolute Gasteiger partial charge is 0.387 e. The average Bonchev–Trinajstić information content (AvgIpc) is 2.64. The Morgan fingerprint density at radius 3 is 2.58 bits per heavy atom. The highest BCUT2D eigenvalue weighted by Crippen LogP contribution is 2.20. The predicted octanol–water partition coefficient (Wildman–Crippen LogP) is 3.08. The lowest BCUT2D eigenvalue weighted by Crippen LogP contribution is -2.25. The third kappa shape index (κ3) is 5.56. The third-order valence-corrected chi connectivity index (χ3v) is 3.19. The molecule has 2 rings (SSSR count). The maximum Gasteiger partial charge on any atom is 0.387 e. The maximum atomic E-state index is 12.4. The van der Waals surface area contributed by atoms with E-state index in [1.807, 2.05) is 6.07 Å². The van der Waals surface area contributed by atoms with Gasteiger partial charge in [-0.15, -0.1) is 0 Å². The lowest BCUT2D eigenvalue weighted by Gasteiger charge is -2.10. The first-order chi connectivity index (χ1) is 12.5. The van der Waals surface area contributed by atoms with E-state index in [0.717, 1.165) is 0 Å². The van der Waals surface area contributed by atoms with E-state index in [1.165, 1.54) is 6.07 Å². The van der Waals surface area contributed by atoms with Crippen LogP contribution < -0.4 is 14.9 Å². The second-order valence-corrected chi connectivity index (χ2v) is 5.03. The van der Waals surface area contributed by atoms with E-state index < -0.39 is 12.5 Å². The predicted molar refractivity (Wildman–Crippen MR) is 90.1 cm³/mol. The molecule has 0 radical (unpaired) electrons. The number of nitrogens with zero attached hydrogens (tertiary/aromatic N) is 2. The van der Waals surface area contributed by atoms with Gasteiger partial charge < -0.3 is 9.47 Å². The number of nitriles is 1. The number of carbonyl (C=O) groups excluding carboxylic acids is 1. The number of rotatable bonds is 7. The van der Waals surface area contributed by atoms with Gasteiger partial charge >= 0.3 is 6.61 Å². The standard InChI is InChI=1S/C18H15F2N3O3/c1-12(15-4-2-3-5-16(15)26-18(19)20)22-23-17(24)11-25-14-8-6-13(10-21)7-9-14/h2-9,18H,11H2,1H3,(H,23,24). The van der Waals surface area contributed by atoms with Crippen LogP contribution in [-0.2, 0) is 4.79 Å². The lowest BCUT2D eigenvalue weighted by atomic mass is 10.1. The number of hydrazone groups is 1. The molecule has 26 heavy (non-hydrogen) atoms. The number of halogens is 2. The topological polar surface area (TPSA) is 83.7 Å². The molecule has 0 fully saturated rings. The van der Waals surface area contributed by atoms with Crippen molar-refractivity contribution in [1.29, 1.82) is 5.26 Å². The van der Waals surface area contributed by atoms with Crippen molar-refractivity contribution in [3.63, 3.8) is 0 Å². The van der Waals surface area contributed by atoms with Gasteiger partial charge in [-0.1, -0.05) is 12.1 Å². The molecule has 6 nitrogen and oxygen atoms in total. The molecule has 0 heterocycles. The molecule has 0 saturated carbocycles. The Morgan fingerprint density at radius 2 is 1.92 bits per heavy atom. The molecule has 134 valence electrons. The average molecular weight is 359 g/mol. The Kier molecular flexibility index (Phi) is 6.62. The number of hydrogen-bond donors (Lipinski definition) is 1. The van der Waals surface area contributed by atoms with Crippen molar-refractivity contribution in [2.24, 2.45) is 5.10 Å². The minimum absolute atomic E-state index is 0.0353. The zero-order valence-electron chi connectivity index (χ0n) is 13.8. The molecule has 1 amide bonds. The fourth-order valence-electron chi connectivity index (χ4n) is 1.98. The largest absolute Gasteiger partial charge is 0.484 e. The Hall–Kier alpha value is -3.47. The molecule has 1 N–H and O–H groups in total. The van der Waals surface area contributed by atoms with E-state index in [-0.39, 0.29) is 12.4 Å². The van der Waals surface area contributed by atoms with Crippen LogP contribution in [0.15, 0.2) is 53.6 Å². The van der Waals surface area contributed by atoms with Gasteiger partial charge in [0.05, 0.1) is 17.3 Å². The fraction of sp³-hybridized carbons (Fsp3) is 0.167. The Bertz CT molecular complexity index is 830. The second-order valence-electron chi connectivity index (χ2n) is 5.03. The number of ether oxygens (including phenoxy) is 2. The summed E-state index contributed by atoms with van der Waals surface area (Å²) in [6, 6.07) is 14.4. The van der Waals surface area contributed by atoms with Gasteiger partial charge in [0, 0.05) is 5.56 Å². The van der Waals surface area contributed by atoms with Gasteiger partial charge in [0.15, 0.2) is 6.61 Å². The van der Waals surface area contributed by atoms with Crippen LogP contribution in [0, 0.1) is 11.3 Å². The number of carbonyl (C=O) groups is 1. The van der Waals surface area contributed by atoms with Crippen LogP contribution in [0.25, 0.3) is 0 Å². The van der Waals surface area contributed by atoms with Crippen LogP contribution in [0.2, 0.25) is 0 Å². The SMILES string of the molecule is CC(=NNC(=O)COc1ccc(C#N)cc1)c1ccccc1OC(F)F. The van der Waals surface area contributed by atoms with Crippen LogP contribution in [0.3, 0.4) is 0 Å². The fourth-order valence-corrected chi connectivity index (χ4v) is 1.98. The summed E-state index contributed by atoms with van der Waals surface area (Å²) in [7, 11) is 0. The van der Waals surface area contributed by atoms with Crippen LogP contribution in [-0.4, -0.2) is 24.8 Å². The van der Waals surface area contributed by atoms with Gasteiger partial charge in [-0.05, 0) is 43.3 Å². The highest BCUT2D eigenvalue weighted by atomic mass is 19.3. The first kappa shape index (κ1) is 18.9. The van der Waals surface area contributed by atoms with Crippen molar-refractivity contribution in [2.45, 2.75) is 13.5 Å². The molecule has 2 aromatic rings. The monoisotopic (exact) mass is 359 g/mol. The van der Waals surface area contributed by atoms with E-state index in [2.05, 4.69) is 15.3 Å². The molecule has 2 aromatic carbocycles. The minimum Gasteiger partial charge on any atom is -0.484 e. The molecule has 0 unspecified atom stereocenters. The Balaban J connectivity index is 1.93. The summed E-state index contributed by atoms with van der Waals surface area (Å²) in [6.45, 7) is -1.70. The summed E-state index contributed by atoms with van der Waals surface area (Å²) in [5.41, 5.74) is 3.39. The molecule has 0 saturated heterocycles. The number of benzene rings is 2. The molecule has 0 aliphatic heterocycles. The summed E-state index contributed by atoms with van der Waals surface area (Å²) in [5.74, 6) is -0.136. The number of amides is 1. The van der Waals surface area contributed by atoms with Gasteiger partial charge in [-0.2, -0.15) is 19.1 Å². The van der Waals surface area contributed by atoms with E-state index in [4.69, 9.17) is 10.00 Å². The van der Waals surface area contributed by atoms with Crippen molar-refractivity contribution in [2.75, 3.05) is 6.61 Å². The van der Waals surface area contributed by atoms with Crippen molar-refractivity contribution >= 4 is 11.6 Å². The first-order valence-corrected chi connectivity index (χ1v) is 7.50. The third-order valence-electron chi connectivity index (χ3n) is 3.19. The molecular weight excluding hydrogens is 344 g/mol. The molecule has 0 bridgehead atoms. The van der Waals surface area contributed by atoms with Crippen molar-refractivity contribution in [3.8, 4) is 17.6 Å². The summed E-state index contributed by atoms with van der Waals surface area (Å²) in [5, 5.41) is 12.6. The number of hydrogen-bond acceptors (Lipinski definition) is 5. The number of para-hydroxylation sites is 1. The van der Waals surface area contributed by atoms with Crippen molar-refractivity contribution < 1.29 is 23.0 Å². The van der Waals surface area contributed by atoms with Crippen LogP contribution in [0.4, 0.5) is 8.78 Å². The van der Waals surface area contributed by atoms with Gasteiger partial charge in [0.2, 0.25) is 0 Å². The first-order valence-electron chi connectivity index (χ1n) is 7.50. The summed E-state index contributed by atoms with van der Waals surface area (Å²) >= 11 is 0. The molecular formula is C18H15F2N3O3. The van der Waals surface area contributed by atoms with Gasteiger partial charge in [-0.25, -0.2) is 5.43 Å². The van der Waals surface area contributed by atoms with Crippen molar-refractivity contribution in [1.82, 2.24) is 5.43 Å². The zero-order valence-corrected chi connectivity index (χ0v) is 13.8. The second kappa shape index (κ2) is 9.13. The molecule has 0 aliphatic rings. The maximum absolute atomic E-state index is 12.4. The van der Waals surface area contributed by atoms with Gasteiger partial charge in [0.1, 0.15) is 11.5 Å². The molecule has 0 spiro atoms. The molecule has 0 aromatic heterocycles. The summed E-state index contributed by atoms with van der Waals surface area (Å²) in [6.07, 6.45) is 0. The normalized spacial score (nSPS) is 11.0. The van der Waals surface area contributed by atoms with Gasteiger partial charge in [-0.3, -0.25) is 4.79 Å². The molecule has 0 atom stereocenters. The van der Waals surface area contributed by atoms with E-state index in [9.17, 15) is 13.6 Å². The quantitative estimate of drug-likeness (QED) is 0.608. The summed E-state index contributed by atoms with van der Waals surface area (Å²) < 4.78 is 34.5. The highest BCUT2D eigenvalue weighted by Gasteiger charge is 2.11. The number of alkyl halides is 2. The highest BCUT2D eigenvalue weighted by molar-refractivity contribution is 6.01. The van der Waals surface area contributed by atoms with Gasteiger partial charge in [0.25, 0.3) is 5.91 Å². The minimum atomic E-state index is -2.96. The van der Waals surface area contributed by atoms with Crippen LogP contribution in [0.1, 0.15) is 18.1 Å². The Labute approximate surface area is 148 Å². The molecule has 8 heteroatoms.